The molecule has 4 rings (SSSR count). The topological polar surface area (TPSA) is 108 Å². The molecule has 2 unspecified atom stereocenters. The summed E-state index contributed by atoms with van der Waals surface area (Å²) in [6, 6.07) is 4.25. The van der Waals surface area contributed by atoms with Crippen LogP contribution in [0.15, 0.2) is 18.2 Å². The molecular formula is C20H24N4O5. The van der Waals surface area contributed by atoms with E-state index in [1.165, 1.54) is 0 Å². The molecule has 154 valence electrons. The number of ether oxygens (including phenoxy) is 1. The molecule has 2 saturated heterocycles. The third-order valence-corrected chi connectivity index (χ3v) is 5.48. The zero-order valence-electron chi connectivity index (χ0n) is 16.3. The van der Waals surface area contributed by atoms with Crippen LogP contribution in [0.25, 0.3) is 0 Å². The molecule has 0 aliphatic carbocycles. The van der Waals surface area contributed by atoms with E-state index in [0.717, 1.165) is 30.1 Å². The molecule has 0 bridgehead atoms. The van der Waals surface area contributed by atoms with Crippen LogP contribution in [0.4, 0.5) is 0 Å². The van der Waals surface area contributed by atoms with E-state index >= 15 is 0 Å². The van der Waals surface area contributed by atoms with Gasteiger partial charge >= 0.3 is 0 Å². The maximum atomic E-state index is 12.9. The molecule has 3 aliphatic heterocycles. The standard InChI is InChI=1S/C20H24N4O5/c1-23(11-13-9-21-6-7-29-13)10-12-2-3-14-15(8-12)20(28)24(19(14)27)16-4-5-17(25)22-18(16)26/h2-3,8,13,16,21H,4-7,9-11H2,1H3,(H,22,25,26). The Morgan fingerprint density at radius 2 is 1.97 bits per heavy atom. The average molecular weight is 400 g/mol. The Labute approximate surface area is 168 Å². The molecule has 2 atom stereocenters. The second-order valence-electron chi connectivity index (χ2n) is 7.72. The van der Waals surface area contributed by atoms with Gasteiger partial charge in [-0.1, -0.05) is 6.07 Å². The van der Waals surface area contributed by atoms with Crippen LogP contribution in [0.2, 0.25) is 0 Å². The Bertz CT molecular complexity index is 864. The third-order valence-electron chi connectivity index (χ3n) is 5.48. The van der Waals surface area contributed by atoms with E-state index in [1.54, 1.807) is 12.1 Å². The van der Waals surface area contributed by atoms with Crippen LogP contribution in [-0.2, 0) is 20.9 Å². The van der Waals surface area contributed by atoms with Crippen LogP contribution < -0.4 is 10.6 Å². The number of fused-ring (bicyclic) bond motifs is 1. The number of nitrogens with zero attached hydrogens (tertiary/aromatic N) is 2. The number of nitrogens with one attached hydrogen (secondary N) is 2. The van der Waals surface area contributed by atoms with Crippen molar-refractivity contribution in [2.24, 2.45) is 0 Å². The number of benzene rings is 1. The van der Waals surface area contributed by atoms with Gasteiger partial charge in [0.25, 0.3) is 11.8 Å². The van der Waals surface area contributed by atoms with Crippen molar-refractivity contribution < 1.29 is 23.9 Å². The molecule has 9 heteroatoms. The first kappa shape index (κ1) is 19.7. The van der Waals surface area contributed by atoms with Gasteiger partial charge in [0.05, 0.1) is 23.8 Å². The van der Waals surface area contributed by atoms with E-state index in [0.29, 0.717) is 24.3 Å². The van der Waals surface area contributed by atoms with Gasteiger partial charge in [-0.25, -0.2) is 0 Å². The largest absolute Gasteiger partial charge is 0.374 e. The van der Waals surface area contributed by atoms with Crippen molar-refractivity contribution in [3.63, 3.8) is 0 Å². The first-order valence-electron chi connectivity index (χ1n) is 9.79. The lowest BCUT2D eigenvalue weighted by atomic mass is 10.0. The van der Waals surface area contributed by atoms with Crippen LogP contribution in [0.5, 0.6) is 0 Å². The summed E-state index contributed by atoms with van der Waals surface area (Å²) in [6.07, 6.45) is 0.383. The van der Waals surface area contributed by atoms with E-state index < -0.39 is 23.8 Å². The van der Waals surface area contributed by atoms with Crippen molar-refractivity contribution in [2.75, 3.05) is 33.3 Å². The maximum absolute atomic E-state index is 12.9. The molecule has 0 spiro atoms. The Kier molecular flexibility index (Phi) is 5.44. The summed E-state index contributed by atoms with van der Waals surface area (Å²) in [5.74, 6) is -1.95. The highest BCUT2D eigenvalue weighted by Gasteiger charge is 2.44. The van der Waals surface area contributed by atoms with E-state index in [-0.39, 0.29) is 24.9 Å². The number of hydrogen-bond acceptors (Lipinski definition) is 7. The van der Waals surface area contributed by atoms with Crippen molar-refractivity contribution >= 4 is 23.6 Å². The molecule has 0 radical (unpaired) electrons. The van der Waals surface area contributed by atoms with E-state index in [4.69, 9.17) is 4.74 Å². The lowest BCUT2D eigenvalue weighted by molar-refractivity contribution is -0.136. The predicted octanol–water partition coefficient (Wildman–Crippen LogP) is -0.492. The monoisotopic (exact) mass is 400 g/mol. The van der Waals surface area contributed by atoms with Gasteiger partial charge < -0.3 is 10.1 Å². The highest BCUT2D eigenvalue weighted by molar-refractivity contribution is 6.23. The normalized spacial score (nSPS) is 24.8. The molecule has 3 aliphatic rings. The first-order valence-corrected chi connectivity index (χ1v) is 9.79. The summed E-state index contributed by atoms with van der Waals surface area (Å²) in [7, 11) is 1.98. The smallest absolute Gasteiger partial charge is 0.262 e. The Morgan fingerprint density at radius 3 is 2.69 bits per heavy atom. The van der Waals surface area contributed by atoms with Crippen molar-refractivity contribution in [1.82, 2.24) is 20.4 Å². The van der Waals surface area contributed by atoms with Crippen molar-refractivity contribution in [2.45, 2.75) is 31.5 Å². The van der Waals surface area contributed by atoms with Crippen LogP contribution >= 0.6 is 0 Å². The zero-order chi connectivity index (χ0) is 20.5. The fourth-order valence-corrected chi connectivity index (χ4v) is 4.08. The Hall–Kier alpha value is -2.62. The summed E-state index contributed by atoms with van der Waals surface area (Å²) >= 11 is 0. The van der Waals surface area contributed by atoms with Gasteiger partial charge in [-0.2, -0.15) is 0 Å². The number of piperidine rings is 1. The van der Waals surface area contributed by atoms with Crippen molar-refractivity contribution in [3.05, 3.63) is 34.9 Å². The molecule has 0 aromatic heterocycles. The van der Waals surface area contributed by atoms with E-state index in [9.17, 15) is 19.2 Å². The number of likely N-dealkylation sites (N-methyl/N-ethyl adjacent to an activating group) is 1. The van der Waals surface area contributed by atoms with Gasteiger partial charge in [0.15, 0.2) is 0 Å². The van der Waals surface area contributed by atoms with Gasteiger partial charge in [-0.15, -0.1) is 0 Å². The second-order valence-corrected chi connectivity index (χ2v) is 7.72. The molecule has 3 heterocycles. The average Bonchev–Trinajstić information content (AvgIpc) is 2.93. The van der Waals surface area contributed by atoms with Crippen LogP contribution in [0.1, 0.15) is 39.1 Å². The summed E-state index contributed by atoms with van der Waals surface area (Å²) in [4.78, 5) is 52.2. The lowest BCUT2D eigenvalue weighted by Crippen LogP contribution is -2.54. The number of hydrogen-bond donors (Lipinski definition) is 2. The first-order chi connectivity index (χ1) is 13.9. The van der Waals surface area contributed by atoms with Gasteiger partial charge in [0.1, 0.15) is 6.04 Å². The van der Waals surface area contributed by atoms with Crippen molar-refractivity contribution in [3.8, 4) is 0 Å². The predicted molar refractivity (Wildman–Crippen MR) is 102 cm³/mol. The van der Waals surface area contributed by atoms with Crippen LogP contribution in [0, 0.1) is 0 Å². The number of amides is 4. The fraction of sp³-hybridized carbons (Fsp3) is 0.500. The van der Waals surface area contributed by atoms with E-state index in [2.05, 4.69) is 15.5 Å². The third kappa shape index (κ3) is 3.93. The maximum Gasteiger partial charge on any atom is 0.262 e. The number of morpholine rings is 1. The molecule has 4 amide bonds. The van der Waals surface area contributed by atoms with Gasteiger partial charge in [-0.05, 0) is 31.2 Å². The summed E-state index contributed by atoms with van der Waals surface area (Å²) in [5.41, 5.74) is 1.51. The summed E-state index contributed by atoms with van der Waals surface area (Å²) in [6.45, 7) is 3.73. The SMILES string of the molecule is CN(Cc1ccc2c(c1)C(=O)N(C1CCC(=O)NC1=O)C2=O)CC1CNCCO1. The number of rotatable bonds is 5. The van der Waals surface area contributed by atoms with Gasteiger partial charge in [-0.3, -0.25) is 34.3 Å². The van der Waals surface area contributed by atoms with Crippen molar-refractivity contribution in [1.29, 1.82) is 0 Å². The molecule has 9 nitrogen and oxygen atoms in total. The molecule has 29 heavy (non-hydrogen) atoms. The Morgan fingerprint density at radius 1 is 1.17 bits per heavy atom. The Balaban J connectivity index is 1.46. The molecule has 2 N–H and O–H groups in total. The zero-order valence-corrected chi connectivity index (χ0v) is 16.3. The quantitative estimate of drug-likeness (QED) is 0.642. The summed E-state index contributed by atoms with van der Waals surface area (Å²) in [5, 5.41) is 5.50. The second kappa shape index (κ2) is 8.02. The minimum absolute atomic E-state index is 0.109. The van der Waals surface area contributed by atoms with E-state index in [1.807, 2.05) is 13.1 Å². The fourth-order valence-electron chi connectivity index (χ4n) is 4.08. The van der Waals surface area contributed by atoms with Crippen LogP contribution in [-0.4, -0.2) is 78.9 Å². The number of carbonyl (C=O) groups excluding carboxylic acids is 4. The van der Waals surface area contributed by atoms with Crippen LogP contribution in [0.3, 0.4) is 0 Å². The molecule has 2 fully saturated rings. The van der Waals surface area contributed by atoms with Gasteiger partial charge in [0.2, 0.25) is 11.8 Å². The molecule has 1 aromatic carbocycles. The summed E-state index contributed by atoms with van der Waals surface area (Å²) < 4.78 is 5.72. The lowest BCUT2D eigenvalue weighted by Gasteiger charge is -2.28. The number of imide groups is 2. The molecular weight excluding hydrogens is 376 g/mol. The van der Waals surface area contributed by atoms with Gasteiger partial charge in [0, 0.05) is 32.6 Å². The molecule has 1 aromatic rings. The minimum atomic E-state index is -0.942. The highest BCUT2D eigenvalue weighted by Crippen LogP contribution is 2.28. The molecule has 0 saturated carbocycles. The number of carbonyl (C=O) groups is 4. The minimum Gasteiger partial charge on any atom is -0.374 e. The highest BCUT2D eigenvalue weighted by atomic mass is 16.5.